The molecule has 0 aliphatic rings. The van der Waals surface area contributed by atoms with E-state index in [1.165, 1.54) is 11.1 Å². The third-order valence-electron chi connectivity index (χ3n) is 1.98. The zero-order chi connectivity index (χ0) is 12.0. The van der Waals surface area contributed by atoms with Crippen LogP contribution >= 0.6 is 0 Å². The Morgan fingerprint density at radius 1 is 1.44 bits per heavy atom. The van der Waals surface area contributed by atoms with Gasteiger partial charge in [-0.3, -0.25) is 4.98 Å². The quantitative estimate of drug-likeness (QED) is 0.811. The Bertz CT molecular complexity index is 319. The number of hydrogen-bond acceptors (Lipinski definition) is 4. The predicted octanol–water partition coefficient (Wildman–Crippen LogP) is 2.00. The van der Waals surface area contributed by atoms with Gasteiger partial charge in [-0.1, -0.05) is 6.92 Å². The lowest BCUT2D eigenvalue weighted by Crippen LogP contribution is -2.25. The van der Waals surface area contributed by atoms with Crippen molar-refractivity contribution < 1.29 is 8.78 Å². The van der Waals surface area contributed by atoms with Crippen molar-refractivity contribution >= 4 is 11.6 Å². The largest absolute Gasteiger partial charge is 0.369 e. The minimum atomic E-state index is -2.38. The molecule has 0 bridgehead atoms. The molecule has 1 aromatic heterocycles. The van der Waals surface area contributed by atoms with Gasteiger partial charge in [0.2, 0.25) is 0 Å². The van der Waals surface area contributed by atoms with E-state index >= 15 is 0 Å². The first-order valence-electron chi connectivity index (χ1n) is 5.18. The number of rotatable bonds is 6. The second kappa shape index (κ2) is 6.19. The molecule has 0 aromatic carbocycles. The Hall–Kier alpha value is -1.46. The van der Waals surface area contributed by atoms with Gasteiger partial charge >= 0.3 is 0 Å². The van der Waals surface area contributed by atoms with E-state index in [0.29, 0.717) is 11.6 Å². The molecule has 4 nitrogen and oxygen atoms in total. The zero-order valence-electron chi connectivity index (χ0n) is 9.45. The fraction of sp³-hybridized carbons (Fsp3) is 0.600. The highest BCUT2D eigenvalue weighted by atomic mass is 19.3. The van der Waals surface area contributed by atoms with Gasteiger partial charge in [-0.15, -0.1) is 0 Å². The van der Waals surface area contributed by atoms with Crippen LogP contribution in [0.25, 0.3) is 0 Å². The maximum absolute atomic E-state index is 12.2. The van der Waals surface area contributed by atoms with Crippen LogP contribution in [0.2, 0.25) is 0 Å². The summed E-state index contributed by atoms with van der Waals surface area (Å²) in [6.45, 7) is 2.48. The van der Waals surface area contributed by atoms with E-state index in [9.17, 15) is 8.78 Å². The number of alkyl halides is 2. The molecule has 0 aliphatic heterocycles. The Balaban J connectivity index is 2.65. The van der Waals surface area contributed by atoms with Crippen LogP contribution in [-0.2, 0) is 0 Å². The number of nitrogens with zero attached hydrogens (tertiary/aromatic N) is 3. The fourth-order valence-corrected chi connectivity index (χ4v) is 1.18. The summed E-state index contributed by atoms with van der Waals surface area (Å²) in [5, 5.41) is 3.06. The van der Waals surface area contributed by atoms with Gasteiger partial charge in [0.05, 0.1) is 18.9 Å². The lowest BCUT2D eigenvalue weighted by molar-refractivity contribution is 0.156. The molecule has 0 aliphatic carbocycles. The highest BCUT2D eigenvalue weighted by Crippen LogP contribution is 2.11. The van der Waals surface area contributed by atoms with Gasteiger partial charge in [-0.05, 0) is 6.42 Å². The zero-order valence-corrected chi connectivity index (χ0v) is 9.45. The van der Waals surface area contributed by atoms with Gasteiger partial charge in [0, 0.05) is 13.6 Å². The predicted molar refractivity (Wildman–Crippen MR) is 60.1 cm³/mol. The lowest BCUT2D eigenvalue weighted by atomic mass is 10.4. The Labute approximate surface area is 93.7 Å². The summed E-state index contributed by atoms with van der Waals surface area (Å²) in [6.07, 6.45) is 1.65. The van der Waals surface area contributed by atoms with Crippen molar-refractivity contribution in [1.82, 2.24) is 9.97 Å². The topological polar surface area (TPSA) is 41.1 Å². The molecule has 16 heavy (non-hydrogen) atoms. The Morgan fingerprint density at radius 3 is 2.81 bits per heavy atom. The van der Waals surface area contributed by atoms with Crippen LogP contribution in [0, 0.1) is 0 Å². The van der Waals surface area contributed by atoms with E-state index in [0.717, 1.165) is 13.0 Å². The highest BCUT2D eigenvalue weighted by Gasteiger charge is 2.10. The molecule has 90 valence electrons. The fourth-order valence-electron chi connectivity index (χ4n) is 1.18. The first kappa shape index (κ1) is 12.6. The summed E-state index contributed by atoms with van der Waals surface area (Å²) in [7, 11) is 1.57. The SMILES string of the molecule is CCCNc1cncc(N(C)CC(F)F)n1. The first-order valence-corrected chi connectivity index (χ1v) is 5.18. The number of halogens is 2. The van der Waals surface area contributed by atoms with Gasteiger partial charge in [0.15, 0.2) is 0 Å². The van der Waals surface area contributed by atoms with Gasteiger partial charge in [-0.25, -0.2) is 13.8 Å². The van der Waals surface area contributed by atoms with Crippen molar-refractivity contribution in [3.8, 4) is 0 Å². The normalized spacial score (nSPS) is 10.6. The number of anilines is 2. The third kappa shape index (κ3) is 3.96. The minimum absolute atomic E-state index is 0.341. The Morgan fingerprint density at radius 2 is 2.19 bits per heavy atom. The van der Waals surface area contributed by atoms with Crippen molar-refractivity contribution in [2.24, 2.45) is 0 Å². The molecular formula is C10H16F2N4. The highest BCUT2D eigenvalue weighted by molar-refractivity contribution is 5.43. The second-order valence-electron chi connectivity index (χ2n) is 3.46. The van der Waals surface area contributed by atoms with Gasteiger partial charge in [0.1, 0.15) is 11.6 Å². The summed E-state index contributed by atoms with van der Waals surface area (Å²) >= 11 is 0. The van der Waals surface area contributed by atoms with Crippen LogP contribution in [0.3, 0.4) is 0 Å². The van der Waals surface area contributed by atoms with E-state index in [2.05, 4.69) is 15.3 Å². The standard InChI is InChI=1S/C10H16F2N4/c1-3-4-14-9-5-13-6-10(15-9)16(2)7-8(11)12/h5-6,8H,3-4,7H2,1-2H3,(H,14,15). The molecule has 0 fully saturated rings. The van der Waals surface area contributed by atoms with E-state index in [1.807, 2.05) is 6.92 Å². The molecule has 0 spiro atoms. The minimum Gasteiger partial charge on any atom is -0.369 e. The molecule has 1 aromatic rings. The molecule has 0 saturated heterocycles. The van der Waals surface area contributed by atoms with Crippen molar-refractivity contribution in [2.75, 3.05) is 30.4 Å². The number of aromatic nitrogens is 2. The molecule has 0 unspecified atom stereocenters. The maximum Gasteiger partial charge on any atom is 0.255 e. The van der Waals surface area contributed by atoms with E-state index in [4.69, 9.17) is 0 Å². The van der Waals surface area contributed by atoms with Gasteiger partial charge < -0.3 is 10.2 Å². The van der Waals surface area contributed by atoms with Crippen LogP contribution in [0.4, 0.5) is 20.4 Å². The molecule has 1 heterocycles. The summed E-state index contributed by atoms with van der Waals surface area (Å²) < 4.78 is 24.3. The molecule has 6 heteroatoms. The molecule has 0 saturated carbocycles. The van der Waals surface area contributed by atoms with E-state index in [-0.39, 0.29) is 6.54 Å². The van der Waals surface area contributed by atoms with Crippen LogP contribution < -0.4 is 10.2 Å². The van der Waals surface area contributed by atoms with Crippen LogP contribution in [0.15, 0.2) is 12.4 Å². The van der Waals surface area contributed by atoms with Gasteiger partial charge in [0.25, 0.3) is 6.43 Å². The van der Waals surface area contributed by atoms with Crippen LogP contribution in [0.5, 0.6) is 0 Å². The van der Waals surface area contributed by atoms with Crippen LogP contribution in [0.1, 0.15) is 13.3 Å². The summed E-state index contributed by atoms with van der Waals surface area (Å²) in [6, 6.07) is 0. The van der Waals surface area contributed by atoms with Crippen molar-refractivity contribution in [2.45, 2.75) is 19.8 Å². The molecule has 0 atom stereocenters. The summed E-state index contributed by atoms with van der Waals surface area (Å²) in [5.41, 5.74) is 0. The molecule has 1 rings (SSSR count). The van der Waals surface area contributed by atoms with E-state index in [1.54, 1.807) is 13.2 Å². The molecule has 0 radical (unpaired) electrons. The van der Waals surface area contributed by atoms with Gasteiger partial charge in [-0.2, -0.15) is 0 Å². The molecular weight excluding hydrogens is 214 g/mol. The first-order chi connectivity index (χ1) is 7.63. The number of nitrogens with one attached hydrogen (secondary N) is 1. The van der Waals surface area contributed by atoms with E-state index < -0.39 is 6.43 Å². The summed E-state index contributed by atoms with van der Waals surface area (Å²) in [4.78, 5) is 9.52. The lowest BCUT2D eigenvalue weighted by Gasteiger charge is -2.17. The average Bonchev–Trinajstić information content (AvgIpc) is 2.26. The summed E-state index contributed by atoms with van der Waals surface area (Å²) in [5.74, 6) is 1.06. The molecule has 1 N–H and O–H groups in total. The van der Waals surface area contributed by atoms with Crippen molar-refractivity contribution in [3.05, 3.63) is 12.4 Å². The maximum atomic E-state index is 12.2. The van der Waals surface area contributed by atoms with Crippen molar-refractivity contribution in [3.63, 3.8) is 0 Å². The smallest absolute Gasteiger partial charge is 0.255 e. The number of hydrogen-bond donors (Lipinski definition) is 1. The molecule has 0 amide bonds. The monoisotopic (exact) mass is 230 g/mol. The van der Waals surface area contributed by atoms with Crippen molar-refractivity contribution in [1.29, 1.82) is 0 Å². The average molecular weight is 230 g/mol. The van der Waals surface area contributed by atoms with Crippen LogP contribution in [-0.4, -0.2) is 36.5 Å². The Kier molecular flexibility index (Phi) is 4.88. The second-order valence-corrected chi connectivity index (χ2v) is 3.46. The third-order valence-corrected chi connectivity index (χ3v) is 1.98.